The Hall–Kier alpha value is -3.07. The average molecular weight is 470 g/mol. The second-order valence-corrected chi connectivity index (χ2v) is 7.38. The van der Waals surface area contributed by atoms with Crippen LogP contribution in [0.4, 0.5) is 8.78 Å². The van der Waals surface area contributed by atoms with E-state index in [0.29, 0.717) is 29.4 Å². The van der Waals surface area contributed by atoms with E-state index in [1.807, 2.05) is 19.2 Å². The molecule has 174 valence electrons. The summed E-state index contributed by atoms with van der Waals surface area (Å²) in [7, 11) is 1.53. The zero-order chi connectivity index (χ0) is 21.8. The summed E-state index contributed by atoms with van der Waals surface area (Å²) in [6.07, 6.45) is 1.87. The first kappa shape index (κ1) is 27.0. The lowest BCUT2D eigenvalue weighted by atomic mass is 10.1. The molecule has 3 aromatic rings. The van der Waals surface area contributed by atoms with Gasteiger partial charge in [0.1, 0.15) is 17.9 Å². The third kappa shape index (κ3) is 4.88. The molecule has 0 radical (unpaired) electrons. The van der Waals surface area contributed by atoms with E-state index in [-0.39, 0.29) is 28.5 Å². The first-order chi connectivity index (χ1) is 14.5. The van der Waals surface area contributed by atoms with Crippen molar-refractivity contribution < 1.29 is 29.2 Å². The monoisotopic (exact) mass is 469 g/mol. The van der Waals surface area contributed by atoms with Gasteiger partial charge in [0.25, 0.3) is 0 Å². The van der Waals surface area contributed by atoms with E-state index in [1.54, 1.807) is 18.2 Å². The number of benzene rings is 2. The third-order valence-corrected chi connectivity index (χ3v) is 5.36. The molecule has 1 aromatic heterocycles. The van der Waals surface area contributed by atoms with Crippen molar-refractivity contribution in [3.8, 4) is 17.6 Å². The Bertz CT molecular complexity index is 1170. The molecule has 0 saturated carbocycles. The van der Waals surface area contributed by atoms with Crippen molar-refractivity contribution >= 4 is 22.8 Å². The fourth-order valence-corrected chi connectivity index (χ4v) is 4.14. The largest absolute Gasteiger partial charge is 0.493 e. The molecule has 1 heterocycles. The normalized spacial score (nSPS) is 11.2. The van der Waals surface area contributed by atoms with Gasteiger partial charge in [0.15, 0.2) is 17.3 Å². The summed E-state index contributed by atoms with van der Waals surface area (Å²) in [5.41, 5.74) is 0.132. The van der Waals surface area contributed by atoms with Crippen LogP contribution >= 0.6 is 11.8 Å². The quantitative estimate of drug-likeness (QED) is 0.499. The molecule has 0 saturated heterocycles. The Morgan fingerprint density at radius 1 is 1.19 bits per heavy atom. The van der Waals surface area contributed by atoms with E-state index in [1.165, 1.54) is 23.4 Å². The van der Waals surface area contributed by atoms with Crippen LogP contribution in [0.2, 0.25) is 0 Å². The maximum Gasteiger partial charge on any atom is 0.330 e. The number of fused-ring (bicyclic) bond motifs is 1. The highest BCUT2D eigenvalue weighted by Gasteiger charge is 2.25. The SMILES string of the molecule is CCOc1cc([C@H](CSC)n2c(=O)n(CC#N)c3cc(F)cc(F)c32)ccc1OC.O.O. The number of aromatic nitrogens is 2. The van der Waals surface area contributed by atoms with Crippen molar-refractivity contribution in [1.82, 2.24) is 9.13 Å². The van der Waals surface area contributed by atoms with Crippen molar-refractivity contribution in [3.05, 3.63) is 58.0 Å². The van der Waals surface area contributed by atoms with Crippen molar-refractivity contribution in [2.24, 2.45) is 0 Å². The molecule has 0 spiro atoms. The summed E-state index contributed by atoms with van der Waals surface area (Å²) >= 11 is 1.47. The van der Waals surface area contributed by atoms with Crippen LogP contribution in [-0.4, -0.2) is 45.8 Å². The Kier molecular flexibility index (Phi) is 9.71. The topological polar surface area (TPSA) is 132 Å². The number of rotatable bonds is 8. The average Bonchev–Trinajstić information content (AvgIpc) is 2.99. The molecule has 0 aliphatic carbocycles. The van der Waals surface area contributed by atoms with E-state index in [0.717, 1.165) is 16.7 Å². The summed E-state index contributed by atoms with van der Waals surface area (Å²) in [5, 5.41) is 9.12. The second-order valence-electron chi connectivity index (χ2n) is 6.47. The molecule has 0 aliphatic rings. The van der Waals surface area contributed by atoms with Crippen LogP contribution < -0.4 is 15.2 Å². The van der Waals surface area contributed by atoms with Crippen LogP contribution in [0, 0.1) is 23.0 Å². The molecule has 0 fully saturated rings. The highest BCUT2D eigenvalue weighted by Crippen LogP contribution is 2.34. The molecule has 0 bridgehead atoms. The molecule has 4 N–H and O–H groups in total. The fraction of sp³-hybridized carbons (Fsp3) is 0.333. The Morgan fingerprint density at radius 2 is 1.91 bits per heavy atom. The number of thioether (sulfide) groups is 1. The van der Waals surface area contributed by atoms with E-state index in [4.69, 9.17) is 14.7 Å². The van der Waals surface area contributed by atoms with Gasteiger partial charge in [-0.05, 0) is 30.9 Å². The van der Waals surface area contributed by atoms with Gasteiger partial charge in [-0.3, -0.25) is 9.13 Å². The van der Waals surface area contributed by atoms with Gasteiger partial charge in [-0.25, -0.2) is 13.6 Å². The van der Waals surface area contributed by atoms with Crippen LogP contribution in [-0.2, 0) is 6.54 Å². The maximum atomic E-state index is 14.8. The minimum Gasteiger partial charge on any atom is -0.493 e. The number of nitriles is 1. The van der Waals surface area contributed by atoms with Gasteiger partial charge in [0.2, 0.25) is 0 Å². The molecule has 0 amide bonds. The van der Waals surface area contributed by atoms with Gasteiger partial charge in [-0.2, -0.15) is 17.0 Å². The molecule has 11 heteroatoms. The highest BCUT2D eigenvalue weighted by atomic mass is 32.2. The lowest BCUT2D eigenvalue weighted by Crippen LogP contribution is -2.29. The highest BCUT2D eigenvalue weighted by molar-refractivity contribution is 7.98. The predicted molar refractivity (Wildman–Crippen MR) is 120 cm³/mol. The van der Waals surface area contributed by atoms with E-state index >= 15 is 0 Å². The first-order valence-electron chi connectivity index (χ1n) is 9.23. The summed E-state index contributed by atoms with van der Waals surface area (Å²) < 4.78 is 42.0. The maximum absolute atomic E-state index is 14.8. The summed E-state index contributed by atoms with van der Waals surface area (Å²) in [4.78, 5) is 13.2. The Labute approximate surface area is 187 Å². The molecule has 32 heavy (non-hydrogen) atoms. The van der Waals surface area contributed by atoms with Crippen LogP contribution in [0.3, 0.4) is 0 Å². The van der Waals surface area contributed by atoms with Gasteiger partial charge in [-0.1, -0.05) is 6.07 Å². The van der Waals surface area contributed by atoms with Crippen LogP contribution in [0.25, 0.3) is 11.0 Å². The standard InChI is InChI=1S/C21H21F2N3O3S.2H2O/c1-4-29-19-9-13(5-6-18(19)28-2)17(12-30-3)26-20-15(23)10-14(22)11-16(20)25(8-7-24)21(26)27;;/h5-6,9-11,17H,4,8,12H2,1-3H3;2*1H2/t17-;;/m0../s1. The predicted octanol–water partition coefficient (Wildman–Crippen LogP) is 2.32. The Balaban J connectivity index is 0.00000256. The first-order valence-corrected chi connectivity index (χ1v) is 10.6. The van der Waals surface area contributed by atoms with Crippen LogP contribution in [0.1, 0.15) is 18.5 Å². The smallest absolute Gasteiger partial charge is 0.330 e. The second kappa shape index (κ2) is 11.5. The van der Waals surface area contributed by atoms with E-state index in [2.05, 4.69) is 0 Å². The van der Waals surface area contributed by atoms with Crippen molar-refractivity contribution in [1.29, 1.82) is 5.26 Å². The van der Waals surface area contributed by atoms with Gasteiger partial charge >= 0.3 is 5.69 Å². The summed E-state index contributed by atoms with van der Waals surface area (Å²) in [6.45, 7) is 1.95. The molecular formula is C21H25F2N3O5S. The van der Waals surface area contributed by atoms with Crippen molar-refractivity contribution in [3.63, 3.8) is 0 Å². The number of hydrogen-bond donors (Lipinski definition) is 0. The minimum absolute atomic E-state index is 0. The summed E-state index contributed by atoms with van der Waals surface area (Å²) in [6, 6.07) is 8.39. The summed E-state index contributed by atoms with van der Waals surface area (Å²) in [5.74, 6) is -0.183. The zero-order valence-electron chi connectivity index (χ0n) is 17.8. The molecular weight excluding hydrogens is 444 g/mol. The van der Waals surface area contributed by atoms with Gasteiger partial charge in [-0.15, -0.1) is 0 Å². The minimum atomic E-state index is -0.858. The molecule has 1 atom stereocenters. The molecule has 0 aliphatic heterocycles. The van der Waals surface area contributed by atoms with Crippen molar-refractivity contribution in [2.45, 2.75) is 19.5 Å². The number of halogens is 2. The van der Waals surface area contributed by atoms with Gasteiger partial charge in [0.05, 0.1) is 31.3 Å². The van der Waals surface area contributed by atoms with E-state index in [9.17, 15) is 13.6 Å². The van der Waals surface area contributed by atoms with Crippen LogP contribution in [0.15, 0.2) is 35.1 Å². The molecule has 2 aromatic carbocycles. The lowest BCUT2D eigenvalue weighted by molar-refractivity contribution is 0.310. The molecule has 8 nitrogen and oxygen atoms in total. The number of ether oxygens (including phenoxy) is 2. The molecule has 3 rings (SSSR count). The number of nitrogens with zero attached hydrogens (tertiary/aromatic N) is 3. The van der Waals surface area contributed by atoms with Crippen LogP contribution in [0.5, 0.6) is 11.5 Å². The third-order valence-electron chi connectivity index (χ3n) is 4.71. The lowest BCUT2D eigenvalue weighted by Gasteiger charge is -2.20. The Morgan fingerprint density at radius 3 is 2.50 bits per heavy atom. The van der Waals surface area contributed by atoms with Crippen molar-refractivity contribution in [2.75, 3.05) is 25.7 Å². The number of methoxy groups -OCH3 is 1. The fourth-order valence-electron chi connectivity index (χ4n) is 3.48. The zero-order valence-corrected chi connectivity index (χ0v) is 18.6. The number of imidazole rings is 1. The van der Waals surface area contributed by atoms with E-state index < -0.39 is 23.4 Å². The van der Waals surface area contributed by atoms with Gasteiger partial charge < -0.3 is 20.4 Å². The van der Waals surface area contributed by atoms with Gasteiger partial charge in [0, 0.05) is 17.9 Å². The number of hydrogen-bond acceptors (Lipinski definition) is 5. The molecule has 0 unspecified atom stereocenters.